The summed E-state index contributed by atoms with van der Waals surface area (Å²) in [5.74, 6) is -2.62. The number of hydrogen-bond acceptors (Lipinski definition) is 6. The molecule has 3 atom stereocenters. The SMILES string of the molecule is CC(C)C[C@H](NC(=O)[C@H](CCCN=C(N)N)NC(=O)c1ccc(CNC(N)=O)cc1)C(=O)N[C@@H](Cc1cccc(Cl)c1)C(N)=O. The van der Waals surface area contributed by atoms with Crippen molar-refractivity contribution in [1.29, 1.82) is 0 Å². The molecule has 45 heavy (non-hydrogen) atoms. The number of halogens is 1. The number of guanidine groups is 1. The van der Waals surface area contributed by atoms with Crippen LogP contribution in [0.15, 0.2) is 53.5 Å². The number of aliphatic imine (C=N–C) groups is 1. The summed E-state index contributed by atoms with van der Waals surface area (Å²) in [5, 5.41) is 11.0. The third-order valence-corrected chi connectivity index (χ3v) is 6.81. The monoisotopic (exact) mass is 643 g/mol. The first-order valence-corrected chi connectivity index (χ1v) is 14.8. The minimum Gasteiger partial charge on any atom is -0.370 e. The minimum atomic E-state index is -1.06. The molecular formula is C30H42ClN9O5. The molecule has 0 radical (unpaired) electrons. The van der Waals surface area contributed by atoms with Crippen LogP contribution in [0.4, 0.5) is 4.79 Å². The van der Waals surface area contributed by atoms with Gasteiger partial charge in [0.25, 0.3) is 5.91 Å². The molecule has 0 spiro atoms. The summed E-state index contributed by atoms with van der Waals surface area (Å²) in [7, 11) is 0. The maximum Gasteiger partial charge on any atom is 0.312 e. The van der Waals surface area contributed by atoms with Crippen molar-refractivity contribution in [2.75, 3.05) is 6.54 Å². The quantitative estimate of drug-likeness (QED) is 0.0683. The normalized spacial score (nSPS) is 12.7. The first kappa shape index (κ1) is 36.3. The Bertz CT molecular complexity index is 1360. The highest BCUT2D eigenvalue weighted by Crippen LogP contribution is 2.14. The lowest BCUT2D eigenvalue weighted by molar-refractivity contribution is -0.132. The van der Waals surface area contributed by atoms with Gasteiger partial charge in [0.1, 0.15) is 18.1 Å². The Morgan fingerprint density at radius 3 is 2.04 bits per heavy atom. The summed E-state index contributed by atoms with van der Waals surface area (Å²) in [6.07, 6.45) is 0.850. The third kappa shape index (κ3) is 13.5. The van der Waals surface area contributed by atoms with Gasteiger partial charge in [-0.15, -0.1) is 0 Å². The first-order valence-electron chi connectivity index (χ1n) is 14.4. The number of carbonyl (C=O) groups is 5. The zero-order valence-corrected chi connectivity index (χ0v) is 26.1. The average Bonchev–Trinajstić information content (AvgIpc) is 2.96. The summed E-state index contributed by atoms with van der Waals surface area (Å²) < 4.78 is 0. The van der Waals surface area contributed by atoms with E-state index in [1.807, 2.05) is 13.8 Å². The van der Waals surface area contributed by atoms with Crippen molar-refractivity contribution >= 4 is 47.2 Å². The lowest BCUT2D eigenvalue weighted by Crippen LogP contribution is -2.57. The second-order valence-electron chi connectivity index (χ2n) is 10.9. The smallest absolute Gasteiger partial charge is 0.312 e. The Balaban J connectivity index is 2.20. The fraction of sp³-hybridized carbons (Fsp3) is 0.400. The molecule has 0 unspecified atom stereocenters. The minimum absolute atomic E-state index is 0.0153. The van der Waals surface area contributed by atoms with Crippen LogP contribution in [0.25, 0.3) is 0 Å². The summed E-state index contributed by atoms with van der Waals surface area (Å²) in [5.41, 5.74) is 23.2. The molecule has 0 aliphatic heterocycles. The molecule has 6 amide bonds. The predicted octanol–water partition coefficient (Wildman–Crippen LogP) is 0.404. The Morgan fingerprint density at radius 2 is 1.47 bits per heavy atom. The van der Waals surface area contributed by atoms with Gasteiger partial charge in [-0.1, -0.05) is 49.7 Å². The number of nitrogens with one attached hydrogen (secondary N) is 4. The second kappa shape index (κ2) is 18.1. The van der Waals surface area contributed by atoms with Crippen LogP contribution in [-0.4, -0.2) is 60.3 Å². The lowest BCUT2D eigenvalue weighted by atomic mass is 10.0. The van der Waals surface area contributed by atoms with Gasteiger partial charge in [-0.3, -0.25) is 24.2 Å². The van der Waals surface area contributed by atoms with Crippen LogP contribution in [0, 0.1) is 5.92 Å². The highest BCUT2D eigenvalue weighted by Gasteiger charge is 2.30. The maximum atomic E-state index is 13.5. The standard InChI is InChI=1S/C30H42ClN9O5/c1-17(2)13-24(28(44)39-23(25(32)41)15-19-5-3-6-21(31)14-19)40-27(43)22(7-4-12-36-29(33)34)38-26(42)20-10-8-18(9-11-20)16-37-30(35)45/h3,5-6,8-11,14,17,22-24H,4,7,12-13,15-16H2,1-2H3,(H2,32,41)(H,38,42)(H,39,44)(H,40,43)(H4,33,34,36)(H3,35,37,45)/t22-,23-,24-/m0/s1. The highest BCUT2D eigenvalue weighted by molar-refractivity contribution is 6.30. The van der Waals surface area contributed by atoms with Gasteiger partial charge in [0, 0.05) is 30.1 Å². The molecule has 14 nitrogen and oxygen atoms in total. The molecule has 0 fully saturated rings. The van der Waals surface area contributed by atoms with E-state index in [9.17, 15) is 24.0 Å². The summed E-state index contributed by atoms with van der Waals surface area (Å²) in [6.45, 7) is 4.15. The average molecular weight is 644 g/mol. The van der Waals surface area contributed by atoms with Crippen molar-refractivity contribution in [3.05, 3.63) is 70.2 Å². The van der Waals surface area contributed by atoms with E-state index < -0.39 is 47.8 Å². The van der Waals surface area contributed by atoms with Gasteiger partial charge in [0.2, 0.25) is 17.7 Å². The van der Waals surface area contributed by atoms with E-state index in [0.717, 1.165) is 0 Å². The van der Waals surface area contributed by atoms with Crippen molar-refractivity contribution in [3.63, 3.8) is 0 Å². The molecule has 2 rings (SSSR count). The van der Waals surface area contributed by atoms with Crippen molar-refractivity contribution in [2.45, 2.75) is 64.2 Å². The molecule has 2 aromatic rings. The number of primary amides is 2. The molecule has 12 N–H and O–H groups in total. The molecular weight excluding hydrogens is 602 g/mol. The van der Waals surface area contributed by atoms with Crippen molar-refractivity contribution in [2.24, 2.45) is 33.8 Å². The van der Waals surface area contributed by atoms with Gasteiger partial charge in [0.15, 0.2) is 5.96 Å². The number of nitrogens with zero attached hydrogens (tertiary/aromatic N) is 1. The van der Waals surface area contributed by atoms with E-state index in [2.05, 4.69) is 26.3 Å². The van der Waals surface area contributed by atoms with Gasteiger partial charge in [0.05, 0.1) is 0 Å². The zero-order chi connectivity index (χ0) is 33.5. The molecule has 15 heteroatoms. The number of carbonyl (C=O) groups excluding carboxylic acids is 5. The number of nitrogens with two attached hydrogens (primary N) is 4. The summed E-state index contributed by atoms with van der Waals surface area (Å²) in [4.78, 5) is 67.1. The van der Waals surface area contributed by atoms with E-state index in [1.165, 1.54) is 0 Å². The van der Waals surface area contributed by atoms with Crippen LogP contribution < -0.4 is 44.2 Å². The Hall–Kier alpha value is -4.85. The Kier molecular flexibility index (Phi) is 14.6. The predicted molar refractivity (Wildman–Crippen MR) is 172 cm³/mol. The first-order chi connectivity index (χ1) is 21.2. The third-order valence-electron chi connectivity index (χ3n) is 6.58. The largest absolute Gasteiger partial charge is 0.370 e. The topological polar surface area (TPSA) is 250 Å². The summed E-state index contributed by atoms with van der Waals surface area (Å²) >= 11 is 6.06. The Labute approximate surface area is 267 Å². The maximum absolute atomic E-state index is 13.5. The molecule has 0 heterocycles. The molecule has 0 aliphatic rings. The van der Waals surface area contributed by atoms with Gasteiger partial charge in [-0.05, 0) is 60.6 Å². The van der Waals surface area contributed by atoms with E-state index >= 15 is 0 Å². The van der Waals surface area contributed by atoms with Crippen LogP contribution in [0.3, 0.4) is 0 Å². The number of benzene rings is 2. The number of rotatable bonds is 17. The van der Waals surface area contributed by atoms with Gasteiger partial charge in [-0.2, -0.15) is 0 Å². The zero-order valence-electron chi connectivity index (χ0n) is 25.3. The highest BCUT2D eigenvalue weighted by atomic mass is 35.5. The van der Waals surface area contributed by atoms with Gasteiger partial charge in [-0.25, -0.2) is 4.79 Å². The van der Waals surface area contributed by atoms with Crippen LogP contribution >= 0.6 is 11.6 Å². The second-order valence-corrected chi connectivity index (χ2v) is 11.3. The van der Waals surface area contributed by atoms with Gasteiger partial charge >= 0.3 is 6.03 Å². The molecule has 0 bridgehead atoms. The molecule has 0 aromatic heterocycles. The lowest BCUT2D eigenvalue weighted by Gasteiger charge is -2.26. The molecule has 0 saturated heterocycles. The summed E-state index contributed by atoms with van der Waals surface area (Å²) in [6, 6.07) is 9.36. The fourth-order valence-electron chi connectivity index (χ4n) is 4.35. The Morgan fingerprint density at radius 1 is 0.822 bits per heavy atom. The molecule has 0 saturated carbocycles. The van der Waals surface area contributed by atoms with Crippen LogP contribution in [0.1, 0.15) is 54.6 Å². The number of amides is 6. The number of urea groups is 1. The molecule has 244 valence electrons. The van der Waals surface area contributed by atoms with E-state index in [1.54, 1.807) is 48.5 Å². The van der Waals surface area contributed by atoms with Crippen molar-refractivity contribution < 1.29 is 24.0 Å². The van der Waals surface area contributed by atoms with Crippen molar-refractivity contribution in [1.82, 2.24) is 21.3 Å². The molecule has 2 aromatic carbocycles. The van der Waals surface area contributed by atoms with E-state index in [4.69, 9.17) is 34.5 Å². The van der Waals surface area contributed by atoms with E-state index in [-0.39, 0.29) is 49.8 Å². The van der Waals surface area contributed by atoms with Gasteiger partial charge < -0.3 is 44.2 Å². The van der Waals surface area contributed by atoms with Crippen LogP contribution in [-0.2, 0) is 27.3 Å². The van der Waals surface area contributed by atoms with Crippen LogP contribution in [0.2, 0.25) is 5.02 Å². The van der Waals surface area contributed by atoms with Crippen molar-refractivity contribution in [3.8, 4) is 0 Å². The van der Waals surface area contributed by atoms with E-state index in [0.29, 0.717) is 22.6 Å². The fourth-order valence-corrected chi connectivity index (χ4v) is 4.56. The number of hydrogen-bond donors (Lipinski definition) is 8. The molecule has 0 aliphatic carbocycles. The van der Waals surface area contributed by atoms with Crippen LogP contribution in [0.5, 0.6) is 0 Å².